The zero-order valence-electron chi connectivity index (χ0n) is 7.59. The van der Waals surface area contributed by atoms with Gasteiger partial charge in [-0.15, -0.1) is 5.10 Å². The van der Waals surface area contributed by atoms with Crippen molar-refractivity contribution in [3.63, 3.8) is 0 Å². The van der Waals surface area contributed by atoms with E-state index in [0.717, 1.165) is 12.8 Å². The summed E-state index contributed by atoms with van der Waals surface area (Å²) in [6, 6.07) is 0.694. The van der Waals surface area contributed by atoms with Gasteiger partial charge in [-0.25, -0.2) is 4.68 Å². The average Bonchev–Trinajstić information content (AvgIpc) is 2.46. The number of aliphatic hydroxyl groups is 1. The summed E-state index contributed by atoms with van der Waals surface area (Å²) in [4.78, 5) is 0. The van der Waals surface area contributed by atoms with E-state index in [2.05, 4.69) is 10.3 Å². The van der Waals surface area contributed by atoms with Crippen molar-refractivity contribution < 1.29 is 5.11 Å². The molecule has 5 heteroatoms. The molecule has 1 aromatic rings. The van der Waals surface area contributed by atoms with Crippen molar-refractivity contribution in [2.45, 2.75) is 38.0 Å². The third-order valence-corrected chi connectivity index (χ3v) is 2.48. The molecule has 0 radical (unpaired) electrons. The van der Waals surface area contributed by atoms with Crippen LogP contribution in [0.2, 0.25) is 0 Å². The molecule has 0 aromatic carbocycles. The molecule has 1 atom stereocenters. The first kappa shape index (κ1) is 8.65. The number of hydrogen-bond donors (Lipinski definition) is 2. The number of nitrogens with two attached hydrogens (primary N) is 1. The quantitative estimate of drug-likeness (QED) is 0.674. The molecule has 13 heavy (non-hydrogen) atoms. The van der Waals surface area contributed by atoms with Gasteiger partial charge in [0, 0.05) is 6.04 Å². The van der Waals surface area contributed by atoms with Crippen LogP contribution in [0.4, 0.5) is 0 Å². The predicted molar refractivity (Wildman–Crippen MR) is 46.9 cm³/mol. The Morgan fingerprint density at radius 1 is 1.69 bits per heavy atom. The molecular formula is C8H14N4O. The highest BCUT2D eigenvalue weighted by Gasteiger charge is 2.28. The third kappa shape index (κ3) is 1.57. The van der Waals surface area contributed by atoms with Crippen LogP contribution in [0.25, 0.3) is 0 Å². The standard InChI is InChI=1S/C8H14N4O/c1-5(13)8-4-12(11-10-8)7-2-6(9)3-7/h4-7,13H,2-3,9H2,1H3. The maximum absolute atomic E-state index is 9.22. The van der Waals surface area contributed by atoms with E-state index < -0.39 is 6.10 Å². The minimum absolute atomic E-state index is 0.309. The molecule has 1 aliphatic rings. The normalized spacial score (nSPS) is 29.8. The first-order chi connectivity index (χ1) is 6.16. The molecule has 1 aromatic heterocycles. The Kier molecular flexibility index (Phi) is 2.05. The van der Waals surface area contributed by atoms with E-state index in [1.54, 1.807) is 17.8 Å². The molecule has 0 saturated heterocycles. The second-order valence-electron chi connectivity index (χ2n) is 3.68. The van der Waals surface area contributed by atoms with Crippen molar-refractivity contribution in [1.82, 2.24) is 15.0 Å². The Bertz CT molecular complexity index is 290. The lowest BCUT2D eigenvalue weighted by Gasteiger charge is -2.31. The molecule has 0 spiro atoms. The first-order valence-corrected chi connectivity index (χ1v) is 4.52. The highest BCUT2D eigenvalue weighted by molar-refractivity contribution is 4.98. The van der Waals surface area contributed by atoms with Crippen LogP contribution in [-0.2, 0) is 0 Å². The summed E-state index contributed by atoms with van der Waals surface area (Å²) in [5.41, 5.74) is 6.29. The van der Waals surface area contributed by atoms with Crippen molar-refractivity contribution in [3.05, 3.63) is 11.9 Å². The number of aliphatic hydroxyl groups excluding tert-OH is 1. The molecule has 0 aliphatic heterocycles. The summed E-state index contributed by atoms with van der Waals surface area (Å²) in [5.74, 6) is 0. The fraction of sp³-hybridized carbons (Fsp3) is 0.750. The highest BCUT2D eigenvalue weighted by Crippen LogP contribution is 2.30. The van der Waals surface area contributed by atoms with E-state index in [0.29, 0.717) is 17.8 Å². The zero-order valence-corrected chi connectivity index (χ0v) is 7.59. The zero-order chi connectivity index (χ0) is 9.42. The molecule has 1 unspecified atom stereocenters. The molecule has 0 bridgehead atoms. The predicted octanol–water partition coefficient (Wildman–Crippen LogP) is -0.00640. The van der Waals surface area contributed by atoms with Crippen LogP contribution in [-0.4, -0.2) is 26.1 Å². The third-order valence-electron chi connectivity index (χ3n) is 2.48. The van der Waals surface area contributed by atoms with Gasteiger partial charge in [0.2, 0.25) is 0 Å². The lowest BCUT2D eigenvalue weighted by molar-refractivity contribution is 0.194. The largest absolute Gasteiger partial charge is 0.387 e. The van der Waals surface area contributed by atoms with E-state index in [1.807, 2.05) is 0 Å². The van der Waals surface area contributed by atoms with E-state index in [1.165, 1.54) is 0 Å². The van der Waals surface area contributed by atoms with E-state index >= 15 is 0 Å². The monoisotopic (exact) mass is 182 g/mol. The van der Waals surface area contributed by atoms with Gasteiger partial charge in [0.05, 0.1) is 18.3 Å². The Balaban J connectivity index is 2.06. The highest BCUT2D eigenvalue weighted by atomic mass is 16.3. The van der Waals surface area contributed by atoms with Crippen molar-refractivity contribution in [2.75, 3.05) is 0 Å². The lowest BCUT2D eigenvalue weighted by Crippen LogP contribution is -2.37. The molecule has 1 saturated carbocycles. The fourth-order valence-corrected chi connectivity index (χ4v) is 1.51. The molecule has 2 rings (SSSR count). The van der Waals surface area contributed by atoms with Crippen molar-refractivity contribution in [2.24, 2.45) is 5.73 Å². The average molecular weight is 182 g/mol. The van der Waals surface area contributed by atoms with Gasteiger partial charge in [-0.2, -0.15) is 0 Å². The van der Waals surface area contributed by atoms with Gasteiger partial charge in [0.15, 0.2) is 0 Å². The summed E-state index contributed by atoms with van der Waals surface area (Å²) in [5, 5.41) is 17.0. The van der Waals surface area contributed by atoms with Crippen molar-refractivity contribution in [1.29, 1.82) is 0 Å². The Hall–Kier alpha value is -0.940. The number of aromatic nitrogens is 3. The van der Waals surface area contributed by atoms with Crippen LogP contribution in [0.15, 0.2) is 6.20 Å². The number of nitrogens with zero attached hydrogens (tertiary/aromatic N) is 3. The second kappa shape index (κ2) is 3.08. The molecule has 3 N–H and O–H groups in total. The summed E-state index contributed by atoms with van der Waals surface area (Å²) in [6.45, 7) is 1.68. The van der Waals surface area contributed by atoms with Crippen molar-refractivity contribution >= 4 is 0 Å². The van der Waals surface area contributed by atoms with Crippen LogP contribution < -0.4 is 5.73 Å². The molecule has 72 valence electrons. The minimum Gasteiger partial charge on any atom is -0.387 e. The smallest absolute Gasteiger partial charge is 0.111 e. The SMILES string of the molecule is CC(O)c1cn(C2CC(N)C2)nn1. The summed E-state index contributed by atoms with van der Waals surface area (Å²) < 4.78 is 1.80. The molecule has 5 nitrogen and oxygen atoms in total. The van der Waals surface area contributed by atoms with Crippen LogP contribution >= 0.6 is 0 Å². The van der Waals surface area contributed by atoms with E-state index in [-0.39, 0.29) is 0 Å². The number of hydrogen-bond acceptors (Lipinski definition) is 4. The van der Waals surface area contributed by atoms with Gasteiger partial charge in [0.1, 0.15) is 5.69 Å². The van der Waals surface area contributed by atoms with Gasteiger partial charge in [-0.3, -0.25) is 0 Å². The molecule has 1 fully saturated rings. The first-order valence-electron chi connectivity index (χ1n) is 4.52. The van der Waals surface area contributed by atoms with Crippen LogP contribution in [0.3, 0.4) is 0 Å². The van der Waals surface area contributed by atoms with E-state index in [9.17, 15) is 5.11 Å². The second-order valence-corrected chi connectivity index (χ2v) is 3.68. The van der Waals surface area contributed by atoms with Crippen LogP contribution in [0.5, 0.6) is 0 Å². The van der Waals surface area contributed by atoms with Crippen LogP contribution in [0, 0.1) is 0 Å². The van der Waals surface area contributed by atoms with Crippen LogP contribution in [0.1, 0.15) is 37.6 Å². The van der Waals surface area contributed by atoms with Gasteiger partial charge in [-0.1, -0.05) is 5.21 Å². The maximum atomic E-state index is 9.22. The van der Waals surface area contributed by atoms with Gasteiger partial charge in [-0.05, 0) is 19.8 Å². The summed E-state index contributed by atoms with van der Waals surface area (Å²) in [7, 11) is 0. The minimum atomic E-state index is -0.539. The maximum Gasteiger partial charge on any atom is 0.111 e. The fourth-order valence-electron chi connectivity index (χ4n) is 1.51. The summed E-state index contributed by atoms with van der Waals surface area (Å²) in [6.07, 6.45) is 3.18. The van der Waals surface area contributed by atoms with E-state index in [4.69, 9.17) is 5.73 Å². The Morgan fingerprint density at radius 3 is 2.85 bits per heavy atom. The number of rotatable bonds is 2. The van der Waals surface area contributed by atoms with Gasteiger partial charge in [0.25, 0.3) is 0 Å². The van der Waals surface area contributed by atoms with Gasteiger partial charge < -0.3 is 10.8 Å². The molecule has 0 amide bonds. The van der Waals surface area contributed by atoms with Crippen molar-refractivity contribution in [3.8, 4) is 0 Å². The topological polar surface area (TPSA) is 77.0 Å². The molecule has 1 heterocycles. The Morgan fingerprint density at radius 2 is 2.38 bits per heavy atom. The Labute approximate surface area is 76.5 Å². The summed E-state index contributed by atoms with van der Waals surface area (Å²) >= 11 is 0. The molecule has 1 aliphatic carbocycles. The molecular weight excluding hydrogens is 168 g/mol. The van der Waals surface area contributed by atoms with Gasteiger partial charge >= 0.3 is 0 Å². The lowest BCUT2D eigenvalue weighted by atomic mass is 9.88.